The predicted molar refractivity (Wildman–Crippen MR) is 42.1 cm³/mol. The average molecular weight is 149 g/mol. The third-order valence-electron chi connectivity index (χ3n) is 1.11. The van der Waals surface area contributed by atoms with Crippen LogP contribution in [0.25, 0.3) is 0 Å². The molecule has 1 nitrogen and oxygen atoms in total. The first-order valence-corrected chi connectivity index (χ1v) is 4.88. The number of nitrogens with one attached hydrogen (secondary N) is 1. The van der Waals surface area contributed by atoms with Crippen molar-refractivity contribution in [2.24, 2.45) is 0 Å². The van der Waals surface area contributed by atoms with E-state index >= 15 is 0 Å². The summed E-state index contributed by atoms with van der Waals surface area (Å²) in [6, 6.07) is 0. The molecule has 1 aliphatic rings. The number of thioether (sulfide) groups is 2. The Balaban J connectivity index is 2.23. The van der Waals surface area contributed by atoms with Crippen LogP contribution in [0.15, 0.2) is 0 Å². The first kappa shape index (κ1) is 6.78. The van der Waals surface area contributed by atoms with Crippen molar-refractivity contribution >= 4 is 23.5 Å². The molecule has 1 aliphatic heterocycles. The quantitative estimate of drug-likeness (QED) is 0.563. The van der Waals surface area contributed by atoms with E-state index in [2.05, 4.69) is 19.2 Å². The topological polar surface area (TPSA) is 12.0 Å². The lowest BCUT2D eigenvalue weighted by Gasteiger charge is -2.24. The van der Waals surface area contributed by atoms with E-state index in [1.54, 1.807) is 0 Å². The molecule has 0 aromatic rings. The van der Waals surface area contributed by atoms with Crippen molar-refractivity contribution in [2.75, 3.05) is 5.08 Å². The van der Waals surface area contributed by atoms with Crippen molar-refractivity contribution in [1.82, 2.24) is 5.32 Å². The second kappa shape index (κ2) is 2.99. The Morgan fingerprint density at radius 3 is 2.00 bits per heavy atom. The van der Waals surface area contributed by atoms with E-state index < -0.39 is 0 Å². The molecule has 0 spiro atoms. The first-order valence-electron chi connectivity index (χ1n) is 2.78. The van der Waals surface area contributed by atoms with Gasteiger partial charge in [0.2, 0.25) is 0 Å². The SMILES string of the molecule is CC1NC(C)SCS1. The minimum Gasteiger partial charge on any atom is -0.294 e. The van der Waals surface area contributed by atoms with Crippen LogP contribution >= 0.6 is 23.5 Å². The summed E-state index contributed by atoms with van der Waals surface area (Å²) in [6.07, 6.45) is 0. The molecule has 1 saturated heterocycles. The largest absolute Gasteiger partial charge is 0.294 e. The fourth-order valence-corrected chi connectivity index (χ4v) is 3.30. The molecule has 0 bridgehead atoms. The zero-order valence-corrected chi connectivity index (χ0v) is 6.81. The third kappa shape index (κ3) is 1.88. The van der Waals surface area contributed by atoms with Gasteiger partial charge in [0, 0.05) is 5.08 Å². The van der Waals surface area contributed by atoms with Gasteiger partial charge in [0.15, 0.2) is 0 Å². The van der Waals surface area contributed by atoms with Crippen LogP contribution < -0.4 is 5.32 Å². The highest BCUT2D eigenvalue weighted by molar-refractivity contribution is 8.17. The molecule has 0 saturated carbocycles. The summed E-state index contributed by atoms with van der Waals surface area (Å²) in [6.45, 7) is 4.42. The molecule has 1 N–H and O–H groups in total. The minimum atomic E-state index is 0.659. The first-order chi connectivity index (χ1) is 3.79. The zero-order chi connectivity index (χ0) is 5.98. The van der Waals surface area contributed by atoms with Crippen molar-refractivity contribution in [3.05, 3.63) is 0 Å². The highest BCUT2D eigenvalue weighted by Crippen LogP contribution is 2.24. The van der Waals surface area contributed by atoms with Crippen LogP contribution in [0.2, 0.25) is 0 Å². The fourth-order valence-electron chi connectivity index (χ4n) is 0.670. The maximum absolute atomic E-state index is 3.41. The van der Waals surface area contributed by atoms with Gasteiger partial charge in [-0.15, -0.1) is 23.5 Å². The summed E-state index contributed by atoms with van der Waals surface area (Å²) in [4.78, 5) is 0. The second-order valence-electron chi connectivity index (χ2n) is 1.90. The van der Waals surface area contributed by atoms with E-state index in [4.69, 9.17) is 0 Å². The molecule has 2 unspecified atom stereocenters. The Morgan fingerprint density at radius 2 is 1.75 bits per heavy atom. The number of hydrogen-bond donors (Lipinski definition) is 1. The molecule has 2 atom stereocenters. The lowest BCUT2D eigenvalue weighted by molar-refractivity contribution is 0.679. The molecule has 0 amide bonds. The van der Waals surface area contributed by atoms with Gasteiger partial charge in [0.05, 0.1) is 10.7 Å². The Bertz CT molecular complexity index is 68.8. The summed E-state index contributed by atoms with van der Waals surface area (Å²) >= 11 is 3.95. The maximum Gasteiger partial charge on any atom is 0.0520 e. The van der Waals surface area contributed by atoms with Crippen LogP contribution in [0.3, 0.4) is 0 Å². The normalized spacial score (nSPS) is 39.8. The fraction of sp³-hybridized carbons (Fsp3) is 1.00. The van der Waals surface area contributed by atoms with E-state index in [9.17, 15) is 0 Å². The van der Waals surface area contributed by atoms with E-state index in [0.717, 1.165) is 0 Å². The molecule has 1 heterocycles. The highest BCUT2D eigenvalue weighted by Gasteiger charge is 2.12. The van der Waals surface area contributed by atoms with E-state index in [0.29, 0.717) is 10.7 Å². The van der Waals surface area contributed by atoms with E-state index in [1.165, 1.54) is 5.08 Å². The predicted octanol–water partition coefficient (Wildman–Crippen LogP) is 1.71. The summed E-state index contributed by atoms with van der Waals surface area (Å²) < 4.78 is 0. The molecule has 3 heteroatoms. The van der Waals surface area contributed by atoms with Crippen molar-refractivity contribution in [2.45, 2.75) is 24.6 Å². The van der Waals surface area contributed by atoms with Gasteiger partial charge >= 0.3 is 0 Å². The minimum absolute atomic E-state index is 0.659. The van der Waals surface area contributed by atoms with Crippen molar-refractivity contribution in [1.29, 1.82) is 0 Å². The molecule has 0 aromatic heterocycles. The van der Waals surface area contributed by atoms with Gasteiger partial charge in [-0.3, -0.25) is 5.32 Å². The molecule has 0 radical (unpaired) electrons. The standard InChI is InChI=1S/C5H11NS2/c1-4-6-5(2)8-3-7-4/h4-6H,3H2,1-2H3. The highest BCUT2D eigenvalue weighted by atomic mass is 32.2. The van der Waals surface area contributed by atoms with Crippen molar-refractivity contribution in [3.63, 3.8) is 0 Å². The van der Waals surface area contributed by atoms with Gasteiger partial charge in [0.1, 0.15) is 0 Å². The van der Waals surface area contributed by atoms with E-state index in [-0.39, 0.29) is 0 Å². The Labute approximate surface area is 59.0 Å². The lowest BCUT2D eigenvalue weighted by Crippen LogP contribution is -2.33. The van der Waals surface area contributed by atoms with Gasteiger partial charge in [-0.05, 0) is 13.8 Å². The molecule has 1 rings (SSSR count). The Morgan fingerprint density at radius 1 is 1.25 bits per heavy atom. The molecule has 8 heavy (non-hydrogen) atoms. The van der Waals surface area contributed by atoms with Crippen LogP contribution in [-0.2, 0) is 0 Å². The smallest absolute Gasteiger partial charge is 0.0520 e. The molecule has 1 fully saturated rings. The summed E-state index contributed by atoms with van der Waals surface area (Å²) in [5, 5.41) is 5.97. The number of hydrogen-bond acceptors (Lipinski definition) is 3. The lowest BCUT2D eigenvalue weighted by atomic mass is 10.6. The number of rotatable bonds is 0. The van der Waals surface area contributed by atoms with Gasteiger partial charge in [-0.1, -0.05) is 0 Å². The van der Waals surface area contributed by atoms with Gasteiger partial charge < -0.3 is 0 Å². The van der Waals surface area contributed by atoms with Gasteiger partial charge in [-0.25, -0.2) is 0 Å². The van der Waals surface area contributed by atoms with Crippen molar-refractivity contribution < 1.29 is 0 Å². The van der Waals surface area contributed by atoms with Crippen LogP contribution in [0, 0.1) is 0 Å². The molecule has 48 valence electrons. The van der Waals surface area contributed by atoms with Crippen LogP contribution in [-0.4, -0.2) is 15.8 Å². The van der Waals surface area contributed by atoms with Gasteiger partial charge in [-0.2, -0.15) is 0 Å². The second-order valence-corrected chi connectivity index (χ2v) is 4.93. The van der Waals surface area contributed by atoms with Crippen molar-refractivity contribution in [3.8, 4) is 0 Å². The third-order valence-corrected chi connectivity index (χ3v) is 3.47. The van der Waals surface area contributed by atoms with Crippen LogP contribution in [0.5, 0.6) is 0 Å². The van der Waals surface area contributed by atoms with Gasteiger partial charge in [0.25, 0.3) is 0 Å². The Kier molecular flexibility index (Phi) is 2.53. The molecular weight excluding hydrogens is 138 g/mol. The van der Waals surface area contributed by atoms with Crippen LogP contribution in [0.1, 0.15) is 13.8 Å². The summed E-state index contributed by atoms with van der Waals surface area (Å²) in [5.74, 6) is 0. The Hall–Kier alpha value is 0.660. The van der Waals surface area contributed by atoms with E-state index in [1.807, 2.05) is 23.5 Å². The molecule has 0 aromatic carbocycles. The summed E-state index contributed by atoms with van der Waals surface area (Å²) in [7, 11) is 0. The monoisotopic (exact) mass is 149 g/mol. The zero-order valence-electron chi connectivity index (χ0n) is 5.18. The molecular formula is C5H11NS2. The average Bonchev–Trinajstić information content (AvgIpc) is 1.64. The van der Waals surface area contributed by atoms with Crippen LogP contribution in [0.4, 0.5) is 0 Å². The summed E-state index contributed by atoms with van der Waals surface area (Å²) in [5.41, 5.74) is 0. The maximum atomic E-state index is 3.41. The molecule has 0 aliphatic carbocycles.